The summed E-state index contributed by atoms with van der Waals surface area (Å²) in [7, 11) is 1.63. The van der Waals surface area contributed by atoms with Gasteiger partial charge in [-0.25, -0.2) is 4.79 Å². The van der Waals surface area contributed by atoms with Crippen molar-refractivity contribution in [2.24, 2.45) is 10.6 Å². The largest absolute Gasteiger partial charge is 0.479 e. The van der Waals surface area contributed by atoms with Gasteiger partial charge in [-0.3, -0.25) is 4.79 Å². The fraction of sp³-hybridized carbons (Fsp3) is 0.400. The first-order valence-electron chi connectivity index (χ1n) is 10.6. The van der Waals surface area contributed by atoms with Crippen LogP contribution in [0.1, 0.15) is 43.4 Å². The number of likely N-dealkylation sites (N-methyl/N-ethyl adjacent to an activating group) is 1. The van der Waals surface area contributed by atoms with Gasteiger partial charge in [0.2, 0.25) is 12.5 Å². The van der Waals surface area contributed by atoms with Crippen molar-refractivity contribution >= 4 is 17.6 Å². The zero-order chi connectivity index (χ0) is 22.7. The number of nitrogens with zero attached hydrogens (tertiary/aromatic N) is 1. The molecule has 1 amide bonds. The van der Waals surface area contributed by atoms with E-state index in [9.17, 15) is 9.59 Å². The van der Waals surface area contributed by atoms with E-state index in [0.717, 1.165) is 42.5 Å². The topological polar surface area (TPSA) is 88.0 Å². The summed E-state index contributed by atoms with van der Waals surface area (Å²) in [5.74, 6) is -1.06. The lowest BCUT2D eigenvalue weighted by Gasteiger charge is -2.33. The van der Waals surface area contributed by atoms with E-state index in [-0.39, 0.29) is 11.3 Å². The second-order valence-corrected chi connectivity index (χ2v) is 7.81. The van der Waals surface area contributed by atoms with Crippen LogP contribution in [-0.2, 0) is 33.7 Å². The first-order chi connectivity index (χ1) is 14.9. The number of benzene rings is 2. The summed E-state index contributed by atoms with van der Waals surface area (Å²) in [6.07, 6.45) is 3.69. The van der Waals surface area contributed by atoms with Crippen LogP contribution in [0.15, 0.2) is 59.8 Å². The molecule has 0 saturated carbocycles. The van der Waals surface area contributed by atoms with E-state index in [1.165, 1.54) is 5.56 Å². The summed E-state index contributed by atoms with van der Waals surface area (Å²) in [6.45, 7) is 3.58. The average Bonchev–Trinajstić information content (AvgIpc) is 2.78. The maximum absolute atomic E-state index is 11.6. The summed E-state index contributed by atoms with van der Waals surface area (Å²) in [6, 6.07) is 18.4. The molecule has 0 spiro atoms. The molecule has 0 radical (unpaired) electrons. The van der Waals surface area contributed by atoms with Gasteiger partial charge in [-0.2, -0.15) is 0 Å². The zero-order valence-corrected chi connectivity index (χ0v) is 18.6. The standard InChI is InChI=1S/C25H32N2O4/c1-4-25(19(2)27-31-18-24(29)30,15-14-20-8-6-5-7-9-20)17-22-12-10-21(11-13-22)16-23(28)26-3/h5-13H,4,14-18H2,1-3H3,(H,26,28)(H,29,30)/b27-19+. The molecule has 6 nitrogen and oxygen atoms in total. The first-order valence-corrected chi connectivity index (χ1v) is 10.6. The maximum atomic E-state index is 11.6. The summed E-state index contributed by atoms with van der Waals surface area (Å²) in [5, 5.41) is 15.7. The van der Waals surface area contributed by atoms with Crippen molar-refractivity contribution in [3.05, 3.63) is 71.3 Å². The summed E-state index contributed by atoms with van der Waals surface area (Å²) >= 11 is 0. The fourth-order valence-electron chi connectivity index (χ4n) is 3.70. The number of hydrogen-bond donors (Lipinski definition) is 2. The molecule has 0 saturated heterocycles. The van der Waals surface area contributed by atoms with Crippen molar-refractivity contribution < 1.29 is 19.5 Å². The second kappa shape index (κ2) is 11.9. The van der Waals surface area contributed by atoms with Crippen LogP contribution in [0.2, 0.25) is 0 Å². The summed E-state index contributed by atoms with van der Waals surface area (Å²) in [5.41, 5.74) is 3.88. The third kappa shape index (κ3) is 7.55. The molecule has 166 valence electrons. The highest BCUT2D eigenvalue weighted by Crippen LogP contribution is 2.35. The lowest BCUT2D eigenvalue weighted by atomic mass is 9.71. The van der Waals surface area contributed by atoms with Gasteiger partial charge in [0.25, 0.3) is 0 Å². The quantitative estimate of drug-likeness (QED) is 0.398. The molecule has 2 N–H and O–H groups in total. The summed E-state index contributed by atoms with van der Waals surface area (Å²) in [4.78, 5) is 27.5. The molecule has 0 bridgehead atoms. The second-order valence-electron chi connectivity index (χ2n) is 7.81. The van der Waals surface area contributed by atoms with Crippen LogP contribution < -0.4 is 5.32 Å². The molecule has 0 aliphatic heterocycles. The molecule has 1 unspecified atom stereocenters. The Bertz CT molecular complexity index is 878. The molecule has 0 heterocycles. The predicted molar refractivity (Wildman–Crippen MR) is 122 cm³/mol. The SMILES string of the molecule is CCC(CCc1ccccc1)(Cc1ccc(CC(=O)NC)cc1)/C(C)=N/OCC(=O)O. The number of amides is 1. The van der Waals surface area contributed by atoms with Crippen molar-refractivity contribution in [2.45, 2.75) is 46.0 Å². The summed E-state index contributed by atoms with van der Waals surface area (Å²) < 4.78 is 0. The van der Waals surface area contributed by atoms with Crippen LogP contribution in [-0.4, -0.2) is 36.3 Å². The van der Waals surface area contributed by atoms with Crippen molar-refractivity contribution in [3.63, 3.8) is 0 Å². The van der Waals surface area contributed by atoms with Crippen molar-refractivity contribution in [2.75, 3.05) is 13.7 Å². The molecule has 0 fully saturated rings. The molecule has 6 heteroatoms. The Morgan fingerprint density at radius 3 is 2.26 bits per heavy atom. The molecule has 0 aliphatic carbocycles. The Morgan fingerprint density at radius 2 is 1.68 bits per heavy atom. The Morgan fingerprint density at radius 1 is 1.03 bits per heavy atom. The lowest BCUT2D eigenvalue weighted by Crippen LogP contribution is -2.32. The van der Waals surface area contributed by atoms with Crippen LogP contribution in [0.25, 0.3) is 0 Å². The van der Waals surface area contributed by atoms with Gasteiger partial charge in [-0.15, -0.1) is 0 Å². The molecule has 31 heavy (non-hydrogen) atoms. The number of aliphatic carboxylic acids is 1. The van der Waals surface area contributed by atoms with Crippen LogP contribution in [0.5, 0.6) is 0 Å². The number of oxime groups is 1. The highest BCUT2D eigenvalue weighted by atomic mass is 16.6. The molecule has 0 aromatic heterocycles. The first kappa shape index (κ1) is 24.1. The lowest BCUT2D eigenvalue weighted by molar-refractivity contribution is -0.142. The van der Waals surface area contributed by atoms with Gasteiger partial charge < -0.3 is 15.3 Å². The molecule has 0 aliphatic rings. The molecular formula is C25H32N2O4. The Labute approximate surface area is 184 Å². The number of carbonyl (C=O) groups is 2. The van der Waals surface area contributed by atoms with Crippen molar-refractivity contribution in [1.29, 1.82) is 0 Å². The van der Waals surface area contributed by atoms with E-state index in [1.54, 1.807) is 7.05 Å². The average molecular weight is 425 g/mol. The molecule has 1 atom stereocenters. The fourth-order valence-corrected chi connectivity index (χ4v) is 3.70. The van der Waals surface area contributed by atoms with Crippen LogP contribution in [0, 0.1) is 5.41 Å². The zero-order valence-electron chi connectivity index (χ0n) is 18.6. The van der Waals surface area contributed by atoms with Crippen LogP contribution >= 0.6 is 0 Å². The predicted octanol–water partition coefficient (Wildman–Crippen LogP) is 4.02. The molecule has 2 aromatic carbocycles. The van der Waals surface area contributed by atoms with Crippen molar-refractivity contribution in [3.8, 4) is 0 Å². The number of carboxylic acid groups (broad SMARTS) is 1. The van der Waals surface area contributed by atoms with Crippen LogP contribution in [0.4, 0.5) is 0 Å². The third-order valence-corrected chi connectivity index (χ3v) is 5.78. The minimum Gasteiger partial charge on any atom is -0.479 e. The highest BCUT2D eigenvalue weighted by Gasteiger charge is 2.32. The monoisotopic (exact) mass is 424 g/mol. The van der Waals surface area contributed by atoms with E-state index >= 15 is 0 Å². The number of hydrogen-bond acceptors (Lipinski definition) is 4. The highest BCUT2D eigenvalue weighted by molar-refractivity contribution is 5.88. The third-order valence-electron chi connectivity index (χ3n) is 5.78. The van der Waals surface area contributed by atoms with Gasteiger partial charge in [0.1, 0.15) is 0 Å². The number of nitrogens with one attached hydrogen (secondary N) is 1. The maximum Gasteiger partial charge on any atom is 0.344 e. The minimum absolute atomic E-state index is 0.0166. The smallest absolute Gasteiger partial charge is 0.344 e. The number of carbonyl (C=O) groups excluding carboxylic acids is 1. The number of carboxylic acids is 1. The van der Waals surface area contributed by atoms with Gasteiger partial charge in [-0.05, 0) is 49.3 Å². The normalized spacial score (nSPS) is 13.3. The van der Waals surface area contributed by atoms with Gasteiger partial charge in [0.15, 0.2) is 0 Å². The van der Waals surface area contributed by atoms with Gasteiger partial charge >= 0.3 is 5.97 Å². The Hall–Kier alpha value is -3.15. The Kier molecular flexibility index (Phi) is 9.25. The van der Waals surface area contributed by atoms with E-state index in [0.29, 0.717) is 6.42 Å². The molecular weight excluding hydrogens is 392 g/mol. The minimum atomic E-state index is -1.05. The molecule has 2 aromatic rings. The Balaban J connectivity index is 2.24. The van der Waals surface area contributed by atoms with Crippen LogP contribution in [0.3, 0.4) is 0 Å². The van der Waals surface area contributed by atoms with Gasteiger partial charge in [0, 0.05) is 12.5 Å². The van der Waals surface area contributed by atoms with Gasteiger partial charge in [0.05, 0.1) is 12.1 Å². The number of aryl methyl sites for hydroxylation is 1. The van der Waals surface area contributed by atoms with Gasteiger partial charge in [-0.1, -0.05) is 66.7 Å². The van der Waals surface area contributed by atoms with Crippen molar-refractivity contribution in [1.82, 2.24) is 5.32 Å². The van der Waals surface area contributed by atoms with E-state index in [1.807, 2.05) is 37.3 Å². The molecule has 2 rings (SSSR count). The van der Waals surface area contributed by atoms with E-state index < -0.39 is 12.6 Å². The van der Waals surface area contributed by atoms with E-state index in [4.69, 9.17) is 9.94 Å². The number of rotatable bonds is 12. The van der Waals surface area contributed by atoms with E-state index in [2.05, 4.69) is 41.7 Å².